The Kier molecular flexibility index (Phi) is 3.92. The number of pyridine rings is 2. The van der Waals surface area contributed by atoms with Crippen LogP contribution >= 0.6 is 0 Å². The van der Waals surface area contributed by atoms with E-state index in [4.69, 9.17) is 4.74 Å². The molecule has 0 fully saturated rings. The second kappa shape index (κ2) is 5.81. The summed E-state index contributed by atoms with van der Waals surface area (Å²) in [6.07, 6.45) is 3.07. The van der Waals surface area contributed by atoms with Crippen molar-refractivity contribution in [2.75, 3.05) is 7.11 Å². The molecule has 0 bridgehead atoms. The van der Waals surface area contributed by atoms with E-state index < -0.39 is 11.5 Å². The Balaban J connectivity index is 2.04. The zero-order chi connectivity index (χ0) is 13.7. The molecule has 0 aromatic carbocycles. The molecule has 2 aromatic rings. The Morgan fingerprint density at radius 1 is 1.47 bits per heavy atom. The van der Waals surface area contributed by atoms with Crippen molar-refractivity contribution in [1.82, 2.24) is 15.3 Å². The van der Waals surface area contributed by atoms with E-state index in [-0.39, 0.29) is 5.56 Å². The SMILES string of the molecule is COc1cc(CNC(=O)c2ccc[nH]c2=O)ccn1. The molecule has 0 saturated heterocycles. The molecular formula is C13H13N3O3. The van der Waals surface area contributed by atoms with E-state index in [2.05, 4.69) is 15.3 Å². The van der Waals surface area contributed by atoms with Crippen LogP contribution in [-0.4, -0.2) is 23.0 Å². The van der Waals surface area contributed by atoms with Crippen molar-refractivity contribution >= 4 is 5.91 Å². The predicted molar refractivity (Wildman–Crippen MR) is 69.0 cm³/mol. The van der Waals surface area contributed by atoms with Gasteiger partial charge in [0.2, 0.25) is 5.88 Å². The zero-order valence-electron chi connectivity index (χ0n) is 10.3. The molecule has 0 radical (unpaired) electrons. The number of rotatable bonds is 4. The van der Waals surface area contributed by atoms with Gasteiger partial charge in [0.1, 0.15) is 5.56 Å². The Labute approximate surface area is 109 Å². The fraction of sp³-hybridized carbons (Fsp3) is 0.154. The van der Waals surface area contributed by atoms with Crippen molar-refractivity contribution in [2.45, 2.75) is 6.54 Å². The summed E-state index contributed by atoms with van der Waals surface area (Å²) < 4.78 is 4.99. The minimum atomic E-state index is -0.419. The van der Waals surface area contributed by atoms with Crippen LogP contribution in [0, 0.1) is 0 Å². The highest BCUT2D eigenvalue weighted by Crippen LogP contribution is 2.08. The predicted octanol–water partition coefficient (Wildman–Crippen LogP) is 0.709. The summed E-state index contributed by atoms with van der Waals surface area (Å²) in [5.41, 5.74) is 0.517. The molecule has 19 heavy (non-hydrogen) atoms. The largest absolute Gasteiger partial charge is 0.481 e. The molecule has 0 saturated carbocycles. The van der Waals surface area contributed by atoms with Crippen molar-refractivity contribution in [3.05, 3.63) is 58.1 Å². The molecule has 1 amide bonds. The maximum atomic E-state index is 11.8. The first kappa shape index (κ1) is 12.8. The van der Waals surface area contributed by atoms with E-state index in [1.54, 1.807) is 24.4 Å². The quantitative estimate of drug-likeness (QED) is 0.847. The number of H-pyrrole nitrogens is 1. The van der Waals surface area contributed by atoms with Gasteiger partial charge in [0.25, 0.3) is 11.5 Å². The van der Waals surface area contributed by atoms with E-state index in [1.807, 2.05) is 0 Å². The number of hydrogen-bond donors (Lipinski definition) is 2. The highest BCUT2D eigenvalue weighted by Gasteiger charge is 2.09. The summed E-state index contributed by atoms with van der Waals surface area (Å²) in [6.45, 7) is 0.298. The second-order valence-electron chi connectivity index (χ2n) is 3.80. The minimum absolute atomic E-state index is 0.0866. The maximum Gasteiger partial charge on any atom is 0.260 e. The molecule has 2 rings (SSSR count). The van der Waals surface area contributed by atoms with E-state index in [1.165, 1.54) is 19.4 Å². The van der Waals surface area contributed by atoms with E-state index >= 15 is 0 Å². The number of carbonyl (C=O) groups is 1. The summed E-state index contributed by atoms with van der Waals surface area (Å²) in [7, 11) is 1.52. The Morgan fingerprint density at radius 3 is 3.05 bits per heavy atom. The second-order valence-corrected chi connectivity index (χ2v) is 3.80. The highest BCUT2D eigenvalue weighted by atomic mass is 16.5. The number of hydrogen-bond acceptors (Lipinski definition) is 4. The van der Waals surface area contributed by atoms with E-state index in [0.717, 1.165) is 5.56 Å². The summed E-state index contributed by atoms with van der Waals surface area (Å²) in [4.78, 5) is 29.7. The van der Waals surface area contributed by atoms with Crippen LogP contribution in [0.4, 0.5) is 0 Å². The third-order valence-corrected chi connectivity index (χ3v) is 2.52. The fourth-order valence-corrected chi connectivity index (χ4v) is 1.55. The summed E-state index contributed by atoms with van der Waals surface area (Å²) >= 11 is 0. The van der Waals surface area contributed by atoms with Gasteiger partial charge in [-0.05, 0) is 23.8 Å². The Bertz CT molecular complexity index is 637. The summed E-state index contributed by atoms with van der Waals surface area (Å²) in [6, 6.07) is 6.56. The first-order valence-electron chi connectivity index (χ1n) is 5.65. The Morgan fingerprint density at radius 2 is 2.32 bits per heavy atom. The third kappa shape index (κ3) is 3.19. The van der Waals surface area contributed by atoms with Gasteiger partial charge in [-0.1, -0.05) is 0 Å². The standard InChI is InChI=1S/C13H13N3O3/c1-19-11-7-9(4-6-14-11)8-16-13(18)10-3-2-5-15-12(10)17/h2-7H,8H2,1H3,(H,15,17)(H,16,18). The number of amides is 1. The lowest BCUT2D eigenvalue weighted by atomic mass is 10.2. The van der Waals surface area contributed by atoms with Gasteiger partial charge < -0.3 is 15.0 Å². The molecule has 2 N–H and O–H groups in total. The van der Waals surface area contributed by atoms with Gasteiger partial charge in [-0.2, -0.15) is 0 Å². The molecule has 2 aromatic heterocycles. The first-order valence-corrected chi connectivity index (χ1v) is 5.65. The molecule has 0 unspecified atom stereocenters. The van der Waals surface area contributed by atoms with Gasteiger partial charge in [-0.25, -0.2) is 4.98 Å². The molecule has 0 spiro atoms. The van der Waals surface area contributed by atoms with Crippen molar-refractivity contribution in [3.63, 3.8) is 0 Å². The number of aromatic amines is 1. The summed E-state index contributed by atoms with van der Waals surface area (Å²) in [5, 5.41) is 2.67. The highest BCUT2D eigenvalue weighted by molar-refractivity contribution is 5.93. The maximum absolute atomic E-state index is 11.8. The van der Waals surface area contributed by atoms with Crippen LogP contribution in [-0.2, 0) is 6.54 Å². The average Bonchev–Trinajstić information content (AvgIpc) is 2.45. The molecule has 98 valence electrons. The van der Waals surface area contributed by atoms with E-state index in [9.17, 15) is 9.59 Å². The number of carbonyl (C=O) groups excluding carboxylic acids is 1. The van der Waals surface area contributed by atoms with Gasteiger partial charge in [0, 0.05) is 25.0 Å². The fourth-order valence-electron chi connectivity index (χ4n) is 1.55. The number of methoxy groups -OCH3 is 1. The number of aromatic nitrogens is 2. The van der Waals surface area contributed by atoms with Crippen LogP contribution in [0.25, 0.3) is 0 Å². The van der Waals surface area contributed by atoms with Gasteiger partial charge in [-0.15, -0.1) is 0 Å². The monoisotopic (exact) mass is 259 g/mol. The minimum Gasteiger partial charge on any atom is -0.481 e. The molecular weight excluding hydrogens is 246 g/mol. The Hall–Kier alpha value is -2.63. The number of ether oxygens (including phenoxy) is 1. The molecule has 2 heterocycles. The molecule has 0 atom stereocenters. The van der Waals surface area contributed by atoms with Crippen LogP contribution in [0.3, 0.4) is 0 Å². The molecule has 0 aliphatic carbocycles. The molecule has 0 aliphatic rings. The molecule has 0 aliphatic heterocycles. The van der Waals surface area contributed by atoms with Crippen LogP contribution in [0.2, 0.25) is 0 Å². The van der Waals surface area contributed by atoms with Gasteiger partial charge in [0.15, 0.2) is 0 Å². The van der Waals surface area contributed by atoms with Crippen LogP contribution < -0.4 is 15.6 Å². The van der Waals surface area contributed by atoms with Crippen LogP contribution in [0.5, 0.6) is 5.88 Å². The van der Waals surface area contributed by atoms with Crippen molar-refractivity contribution < 1.29 is 9.53 Å². The van der Waals surface area contributed by atoms with Crippen molar-refractivity contribution in [2.24, 2.45) is 0 Å². The van der Waals surface area contributed by atoms with Crippen molar-refractivity contribution in [1.29, 1.82) is 0 Å². The van der Waals surface area contributed by atoms with Gasteiger partial charge in [0.05, 0.1) is 7.11 Å². The van der Waals surface area contributed by atoms with Gasteiger partial charge in [-0.3, -0.25) is 9.59 Å². The lowest BCUT2D eigenvalue weighted by Gasteiger charge is -2.05. The van der Waals surface area contributed by atoms with Crippen LogP contribution in [0.15, 0.2) is 41.5 Å². The van der Waals surface area contributed by atoms with Crippen molar-refractivity contribution in [3.8, 4) is 5.88 Å². The number of nitrogens with one attached hydrogen (secondary N) is 2. The molecule has 6 heteroatoms. The normalized spacial score (nSPS) is 9.95. The number of nitrogens with zero attached hydrogens (tertiary/aromatic N) is 1. The zero-order valence-corrected chi connectivity index (χ0v) is 10.3. The smallest absolute Gasteiger partial charge is 0.260 e. The average molecular weight is 259 g/mol. The lowest BCUT2D eigenvalue weighted by Crippen LogP contribution is -2.28. The van der Waals surface area contributed by atoms with Gasteiger partial charge >= 0.3 is 0 Å². The van der Waals surface area contributed by atoms with Crippen LogP contribution in [0.1, 0.15) is 15.9 Å². The first-order chi connectivity index (χ1) is 9.20. The summed E-state index contributed by atoms with van der Waals surface area (Å²) in [5.74, 6) is 0.0573. The van der Waals surface area contributed by atoms with E-state index in [0.29, 0.717) is 12.4 Å². The third-order valence-electron chi connectivity index (χ3n) is 2.52. The lowest BCUT2D eigenvalue weighted by molar-refractivity contribution is 0.0949. The topological polar surface area (TPSA) is 84.1 Å². The molecule has 6 nitrogen and oxygen atoms in total.